The van der Waals surface area contributed by atoms with Crippen LogP contribution in [0.4, 0.5) is 16.2 Å². The smallest absolute Gasteiger partial charge is 0.323 e. The highest BCUT2D eigenvalue weighted by Gasteiger charge is 2.07. The lowest BCUT2D eigenvalue weighted by Crippen LogP contribution is -2.19. The predicted molar refractivity (Wildman–Crippen MR) is 87.1 cm³/mol. The zero-order chi connectivity index (χ0) is 15.4. The second kappa shape index (κ2) is 6.89. The van der Waals surface area contributed by atoms with Crippen molar-refractivity contribution in [3.05, 3.63) is 51.5 Å². The average Bonchev–Trinajstić information content (AvgIpc) is 2.43. The summed E-state index contributed by atoms with van der Waals surface area (Å²) >= 11 is 17.7. The van der Waals surface area contributed by atoms with E-state index in [-0.39, 0.29) is 0 Å². The number of amides is 2. The van der Waals surface area contributed by atoms with Gasteiger partial charge in [0.15, 0.2) is 0 Å². The van der Waals surface area contributed by atoms with Gasteiger partial charge >= 0.3 is 6.03 Å². The maximum Gasteiger partial charge on any atom is 0.323 e. The molecule has 2 amide bonds. The second-order valence-electron chi connectivity index (χ2n) is 4.06. The quantitative estimate of drug-likeness (QED) is 0.793. The van der Waals surface area contributed by atoms with Gasteiger partial charge in [-0.2, -0.15) is 0 Å². The number of carbonyl (C=O) groups is 1. The fraction of sp³-hybridized carbons (Fsp3) is 0.0714. The Morgan fingerprint density at radius 1 is 0.905 bits per heavy atom. The number of hydrogen-bond acceptors (Lipinski definition) is 2. The summed E-state index contributed by atoms with van der Waals surface area (Å²) in [7, 11) is 1.52. The molecule has 0 saturated carbocycles. The first-order valence-electron chi connectivity index (χ1n) is 5.86. The Kier molecular flexibility index (Phi) is 5.17. The molecule has 21 heavy (non-hydrogen) atoms. The molecule has 0 unspecified atom stereocenters. The molecule has 2 aromatic rings. The number of urea groups is 1. The van der Waals surface area contributed by atoms with Gasteiger partial charge in [0.25, 0.3) is 0 Å². The van der Waals surface area contributed by atoms with Gasteiger partial charge in [0.1, 0.15) is 5.75 Å². The predicted octanol–water partition coefficient (Wildman–Crippen LogP) is 5.30. The number of benzene rings is 2. The van der Waals surface area contributed by atoms with Crippen molar-refractivity contribution >= 4 is 52.2 Å². The third-order valence-electron chi connectivity index (χ3n) is 2.59. The molecule has 0 spiro atoms. The van der Waals surface area contributed by atoms with Crippen molar-refractivity contribution in [3.8, 4) is 5.75 Å². The Morgan fingerprint density at radius 2 is 1.48 bits per heavy atom. The third-order valence-corrected chi connectivity index (χ3v) is 3.62. The van der Waals surface area contributed by atoms with Crippen LogP contribution in [0.2, 0.25) is 15.1 Å². The number of hydrogen-bond donors (Lipinski definition) is 2. The highest BCUT2D eigenvalue weighted by Crippen LogP contribution is 2.28. The number of nitrogens with one attached hydrogen (secondary N) is 2. The van der Waals surface area contributed by atoms with E-state index < -0.39 is 6.03 Å². The number of methoxy groups -OCH3 is 1. The first kappa shape index (κ1) is 15.8. The molecule has 0 fully saturated rings. The molecule has 110 valence electrons. The number of anilines is 2. The molecule has 0 aliphatic carbocycles. The van der Waals surface area contributed by atoms with Crippen LogP contribution in [0.5, 0.6) is 5.75 Å². The number of rotatable bonds is 3. The van der Waals surface area contributed by atoms with E-state index in [0.29, 0.717) is 32.2 Å². The van der Waals surface area contributed by atoms with Crippen LogP contribution in [0.25, 0.3) is 0 Å². The van der Waals surface area contributed by atoms with Gasteiger partial charge in [0, 0.05) is 11.4 Å². The molecule has 2 rings (SSSR count). The highest BCUT2D eigenvalue weighted by atomic mass is 35.5. The summed E-state index contributed by atoms with van der Waals surface area (Å²) in [5.41, 5.74) is 1.07. The minimum absolute atomic E-state index is 0.363. The summed E-state index contributed by atoms with van der Waals surface area (Å²) in [5, 5.41) is 6.48. The van der Waals surface area contributed by atoms with Gasteiger partial charge < -0.3 is 15.4 Å². The summed E-state index contributed by atoms with van der Waals surface area (Å²) in [4.78, 5) is 11.9. The molecule has 0 aliphatic rings. The van der Waals surface area contributed by atoms with Crippen molar-refractivity contribution in [3.63, 3.8) is 0 Å². The molecular formula is C14H11Cl3N2O2. The zero-order valence-corrected chi connectivity index (χ0v) is 13.2. The summed E-state index contributed by atoms with van der Waals surface area (Å²) in [6, 6.07) is 9.32. The first-order chi connectivity index (χ1) is 9.99. The summed E-state index contributed by atoms with van der Waals surface area (Å²) in [5.74, 6) is 0.534. The van der Waals surface area contributed by atoms with Gasteiger partial charge in [0.05, 0.1) is 22.2 Å². The SMILES string of the molecule is COc1ccc(NC(=O)Nc2ccc(Cl)c(Cl)c2)cc1Cl. The van der Waals surface area contributed by atoms with Crippen LogP contribution in [0, 0.1) is 0 Å². The molecule has 0 radical (unpaired) electrons. The number of ether oxygens (including phenoxy) is 1. The number of halogens is 3. The summed E-state index contributed by atoms with van der Waals surface area (Å²) in [6.07, 6.45) is 0. The fourth-order valence-corrected chi connectivity index (χ4v) is 2.17. The fourth-order valence-electron chi connectivity index (χ4n) is 1.61. The van der Waals surface area contributed by atoms with E-state index >= 15 is 0 Å². The molecule has 0 atom stereocenters. The van der Waals surface area contributed by atoms with Crippen LogP contribution in [-0.4, -0.2) is 13.1 Å². The van der Waals surface area contributed by atoms with Crippen molar-refractivity contribution in [1.29, 1.82) is 0 Å². The Morgan fingerprint density at radius 3 is 2.00 bits per heavy atom. The second-order valence-corrected chi connectivity index (χ2v) is 5.28. The van der Waals surface area contributed by atoms with Crippen molar-refractivity contribution < 1.29 is 9.53 Å². The first-order valence-corrected chi connectivity index (χ1v) is 6.99. The van der Waals surface area contributed by atoms with Crippen LogP contribution in [0.1, 0.15) is 0 Å². The van der Waals surface area contributed by atoms with Crippen molar-refractivity contribution in [2.75, 3.05) is 17.7 Å². The van der Waals surface area contributed by atoms with E-state index in [9.17, 15) is 4.79 Å². The van der Waals surface area contributed by atoms with Gasteiger partial charge in [-0.3, -0.25) is 0 Å². The Hall–Kier alpha value is -1.62. The molecule has 7 heteroatoms. The summed E-state index contributed by atoms with van der Waals surface area (Å²) < 4.78 is 5.04. The molecular weight excluding hydrogens is 335 g/mol. The molecule has 0 aliphatic heterocycles. The molecule has 4 nitrogen and oxygen atoms in total. The lowest BCUT2D eigenvalue weighted by atomic mass is 10.3. The Balaban J connectivity index is 2.04. The van der Waals surface area contributed by atoms with Gasteiger partial charge in [-0.15, -0.1) is 0 Å². The van der Waals surface area contributed by atoms with E-state index in [0.717, 1.165) is 0 Å². The largest absolute Gasteiger partial charge is 0.495 e. The van der Waals surface area contributed by atoms with E-state index in [2.05, 4.69) is 10.6 Å². The van der Waals surface area contributed by atoms with Crippen LogP contribution < -0.4 is 15.4 Å². The van der Waals surface area contributed by atoms with E-state index in [1.54, 1.807) is 36.4 Å². The molecule has 2 N–H and O–H groups in total. The van der Waals surface area contributed by atoms with Crippen molar-refractivity contribution in [2.24, 2.45) is 0 Å². The molecule has 0 saturated heterocycles. The van der Waals surface area contributed by atoms with Gasteiger partial charge in [-0.25, -0.2) is 4.79 Å². The summed E-state index contributed by atoms with van der Waals surface area (Å²) in [6.45, 7) is 0. The van der Waals surface area contributed by atoms with E-state index in [4.69, 9.17) is 39.5 Å². The molecule has 0 aromatic heterocycles. The normalized spacial score (nSPS) is 10.1. The minimum atomic E-state index is -0.422. The minimum Gasteiger partial charge on any atom is -0.495 e. The maximum atomic E-state index is 11.9. The zero-order valence-electron chi connectivity index (χ0n) is 10.9. The van der Waals surface area contributed by atoms with E-state index in [1.165, 1.54) is 7.11 Å². The Bertz CT molecular complexity index is 677. The number of carbonyl (C=O) groups excluding carboxylic acids is 1. The molecule has 0 heterocycles. The van der Waals surface area contributed by atoms with Crippen LogP contribution in [0.3, 0.4) is 0 Å². The van der Waals surface area contributed by atoms with Crippen LogP contribution in [0.15, 0.2) is 36.4 Å². The third kappa shape index (κ3) is 4.17. The van der Waals surface area contributed by atoms with Crippen molar-refractivity contribution in [1.82, 2.24) is 0 Å². The van der Waals surface area contributed by atoms with Crippen LogP contribution in [-0.2, 0) is 0 Å². The lowest BCUT2D eigenvalue weighted by Gasteiger charge is -2.10. The van der Waals surface area contributed by atoms with Crippen LogP contribution >= 0.6 is 34.8 Å². The Labute approximate surface area is 137 Å². The van der Waals surface area contributed by atoms with Gasteiger partial charge in [-0.05, 0) is 36.4 Å². The standard InChI is InChI=1S/C14H11Cl3N2O2/c1-21-13-5-3-9(7-12(13)17)19-14(20)18-8-2-4-10(15)11(16)6-8/h2-7H,1H3,(H2,18,19,20). The maximum absolute atomic E-state index is 11.9. The average molecular weight is 346 g/mol. The lowest BCUT2D eigenvalue weighted by molar-refractivity contribution is 0.262. The van der Waals surface area contributed by atoms with E-state index in [1.807, 2.05) is 0 Å². The van der Waals surface area contributed by atoms with Crippen molar-refractivity contribution in [2.45, 2.75) is 0 Å². The van der Waals surface area contributed by atoms with Gasteiger partial charge in [-0.1, -0.05) is 34.8 Å². The molecule has 0 bridgehead atoms. The highest BCUT2D eigenvalue weighted by molar-refractivity contribution is 6.42. The topological polar surface area (TPSA) is 50.4 Å². The molecule has 2 aromatic carbocycles. The monoisotopic (exact) mass is 344 g/mol. The van der Waals surface area contributed by atoms with Gasteiger partial charge in [0.2, 0.25) is 0 Å².